The first-order valence-electron chi connectivity index (χ1n) is 8.16. The molecule has 2 atom stereocenters. The summed E-state index contributed by atoms with van der Waals surface area (Å²) in [6, 6.07) is 9.30. The highest BCUT2D eigenvalue weighted by Gasteiger charge is 2.37. The van der Waals surface area contributed by atoms with E-state index in [1.165, 1.54) is 6.07 Å². The van der Waals surface area contributed by atoms with Gasteiger partial charge >= 0.3 is 0 Å². The molecule has 0 saturated heterocycles. The van der Waals surface area contributed by atoms with Crippen LogP contribution in [-0.2, 0) is 11.3 Å². The number of nitrogens with zero attached hydrogens (tertiary/aromatic N) is 1. The highest BCUT2D eigenvalue weighted by atomic mass is 19.1. The summed E-state index contributed by atoms with van der Waals surface area (Å²) in [6.45, 7) is 6.32. The molecule has 1 aliphatic rings. The Morgan fingerprint density at radius 1 is 1.48 bits per heavy atom. The molecular formula is C18H25FN3O+. The van der Waals surface area contributed by atoms with Crippen LogP contribution in [0, 0.1) is 23.1 Å². The van der Waals surface area contributed by atoms with E-state index in [0.717, 1.165) is 17.7 Å². The van der Waals surface area contributed by atoms with E-state index in [4.69, 9.17) is 0 Å². The largest absolute Gasteiger partial charge is 0.333 e. The fourth-order valence-electron chi connectivity index (χ4n) is 2.57. The molecular weight excluding hydrogens is 293 g/mol. The third-order valence-electron chi connectivity index (χ3n) is 4.70. The third-order valence-corrected chi connectivity index (χ3v) is 4.70. The van der Waals surface area contributed by atoms with Crippen molar-refractivity contribution in [3.63, 3.8) is 0 Å². The smallest absolute Gasteiger partial charge is 0.276 e. The van der Waals surface area contributed by atoms with Gasteiger partial charge in [0, 0.05) is 18.4 Å². The molecule has 1 saturated carbocycles. The average Bonchev–Trinajstić information content (AvgIpc) is 3.33. The lowest BCUT2D eigenvalue weighted by Crippen LogP contribution is -3.13. The summed E-state index contributed by atoms with van der Waals surface area (Å²) in [5.74, 6) is -0.358. The molecule has 4 nitrogen and oxygen atoms in total. The molecule has 1 unspecified atom stereocenters. The second kappa shape index (κ2) is 7.10. The number of carbonyl (C=O) groups excluding carboxylic acids is 1. The predicted molar refractivity (Wildman–Crippen MR) is 86.0 cm³/mol. The molecule has 23 heavy (non-hydrogen) atoms. The molecule has 1 aromatic carbocycles. The fourth-order valence-corrected chi connectivity index (χ4v) is 2.57. The molecule has 0 aromatic heterocycles. The molecule has 5 heteroatoms. The molecule has 1 amide bonds. The lowest BCUT2D eigenvalue weighted by molar-refractivity contribution is -0.917. The van der Waals surface area contributed by atoms with Crippen LogP contribution in [0.25, 0.3) is 0 Å². The Balaban J connectivity index is 2.02. The number of hydrogen-bond acceptors (Lipinski definition) is 2. The zero-order valence-corrected chi connectivity index (χ0v) is 14.0. The highest BCUT2D eigenvalue weighted by Crippen LogP contribution is 2.17. The Hall–Kier alpha value is -1.93. The van der Waals surface area contributed by atoms with Gasteiger partial charge in [0.1, 0.15) is 17.9 Å². The van der Waals surface area contributed by atoms with E-state index in [2.05, 4.69) is 11.4 Å². The van der Waals surface area contributed by atoms with Crippen molar-refractivity contribution in [3.05, 3.63) is 35.6 Å². The average molecular weight is 318 g/mol. The van der Waals surface area contributed by atoms with Crippen LogP contribution in [-0.4, -0.2) is 24.0 Å². The van der Waals surface area contributed by atoms with E-state index in [1.807, 2.05) is 19.9 Å². The Morgan fingerprint density at radius 2 is 2.13 bits per heavy atom. The van der Waals surface area contributed by atoms with Crippen molar-refractivity contribution in [1.29, 1.82) is 5.26 Å². The maximum absolute atomic E-state index is 13.8. The predicted octanol–water partition coefficient (Wildman–Crippen LogP) is 1.43. The first-order valence-corrected chi connectivity index (χ1v) is 8.16. The Bertz CT molecular complexity index is 607. The minimum Gasteiger partial charge on any atom is -0.333 e. The number of rotatable bonds is 7. The summed E-state index contributed by atoms with van der Waals surface area (Å²) >= 11 is 0. The van der Waals surface area contributed by atoms with Gasteiger partial charge in [-0.25, -0.2) is 4.39 Å². The van der Waals surface area contributed by atoms with Gasteiger partial charge < -0.3 is 10.2 Å². The summed E-state index contributed by atoms with van der Waals surface area (Å²) in [6.07, 6.45) is 2.13. The van der Waals surface area contributed by atoms with Gasteiger partial charge in [-0.05, 0) is 18.9 Å². The summed E-state index contributed by atoms with van der Waals surface area (Å²) in [5.41, 5.74) is -0.238. The van der Waals surface area contributed by atoms with Crippen LogP contribution in [0.15, 0.2) is 24.3 Å². The maximum Gasteiger partial charge on any atom is 0.276 e. The Labute approximate surface area is 137 Å². The number of nitriles is 1. The zero-order chi connectivity index (χ0) is 17.0. The SMILES string of the molecule is CC(C)[C@](C)(C#N)NC(=O)C[NH+](Cc1ccccc1F)C1CC1. The summed E-state index contributed by atoms with van der Waals surface area (Å²) < 4.78 is 13.8. The van der Waals surface area contributed by atoms with E-state index < -0.39 is 5.54 Å². The zero-order valence-electron chi connectivity index (χ0n) is 14.0. The first kappa shape index (κ1) is 17.4. The molecule has 1 aromatic rings. The van der Waals surface area contributed by atoms with Gasteiger partial charge in [-0.1, -0.05) is 32.0 Å². The van der Waals surface area contributed by atoms with Crippen molar-refractivity contribution < 1.29 is 14.1 Å². The van der Waals surface area contributed by atoms with Crippen molar-refractivity contribution >= 4 is 5.91 Å². The van der Waals surface area contributed by atoms with Gasteiger partial charge in [-0.15, -0.1) is 0 Å². The minimum absolute atomic E-state index is 0.0207. The fraction of sp³-hybridized carbons (Fsp3) is 0.556. The van der Waals surface area contributed by atoms with Crippen LogP contribution in [0.3, 0.4) is 0 Å². The molecule has 0 radical (unpaired) electrons. The summed E-state index contributed by atoms with van der Waals surface area (Å²) in [7, 11) is 0. The van der Waals surface area contributed by atoms with Gasteiger partial charge in [0.15, 0.2) is 6.54 Å². The van der Waals surface area contributed by atoms with Crippen LogP contribution >= 0.6 is 0 Å². The Morgan fingerprint density at radius 3 is 2.65 bits per heavy atom. The molecule has 2 N–H and O–H groups in total. The number of hydrogen-bond donors (Lipinski definition) is 2. The number of halogens is 1. The van der Waals surface area contributed by atoms with E-state index in [-0.39, 0.29) is 24.2 Å². The lowest BCUT2D eigenvalue weighted by Gasteiger charge is -2.28. The number of benzene rings is 1. The normalized spacial score (nSPS) is 18.1. The second-order valence-corrected chi connectivity index (χ2v) is 6.89. The van der Waals surface area contributed by atoms with Gasteiger partial charge in [0.2, 0.25) is 0 Å². The lowest BCUT2D eigenvalue weighted by atomic mass is 9.90. The summed E-state index contributed by atoms with van der Waals surface area (Å²) in [5, 5.41) is 12.2. The van der Waals surface area contributed by atoms with E-state index >= 15 is 0 Å². The molecule has 0 spiro atoms. The van der Waals surface area contributed by atoms with E-state index in [1.54, 1.807) is 19.1 Å². The molecule has 1 aliphatic carbocycles. The quantitative estimate of drug-likeness (QED) is 0.799. The number of amides is 1. The Kier molecular flexibility index (Phi) is 5.38. The maximum atomic E-state index is 13.8. The summed E-state index contributed by atoms with van der Waals surface area (Å²) in [4.78, 5) is 13.4. The van der Waals surface area contributed by atoms with Gasteiger partial charge in [0.05, 0.1) is 12.1 Å². The van der Waals surface area contributed by atoms with Crippen molar-refractivity contribution in [2.24, 2.45) is 5.92 Å². The third kappa shape index (κ3) is 4.52. The van der Waals surface area contributed by atoms with E-state index in [9.17, 15) is 14.4 Å². The van der Waals surface area contributed by atoms with Crippen molar-refractivity contribution in [2.75, 3.05) is 6.54 Å². The second-order valence-electron chi connectivity index (χ2n) is 6.89. The molecule has 124 valence electrons. The van der Waals surface area contributed by atoms with Crippen molar-refractivity contribution in [1.82, 2.24) is 5.32 Å². The van der Waals surface area contributed by atoms with Crippen LogP contribution in [0.5, 0.6) is 0 Å². The monoisotopic (exact) mass is 318 g/mol. The number of carbonyl (C=O) groups is 1. The highest BCUT2D eigenvalue weighted by molar-refractivity contribution is 5.78. The van der Waals surface area contributed by atoms with E-state index in [0.29, 0.717) is 18.2 Å². The van der Waals surface area contributed by atoms with Crippen LogP contribution in [0.1, 0.15) is 39.2 Å². The molecule has 1 fully saturated rings. The van der Waals surface area contributed by atoms with Crippen molar-refractivity contribution in [3.8, 4) is 6.07 Å². The van der Waals surface area contributed by atoms with Crippen LogP contribution < -0.4 is 10.2 Å². The van der Waals surface area contributed by atoms with Gasteiger partial charge in [0.25, 0.3) is 5.91 Å². The van der Waals surface area contributed by atoms with Crippen molar-refractivity contribution in [2.45, 2.75) is 51.7 Å². The topological polar surface area (TPSA) is 57.3 Å². The van der Waals surface area contributed by atoms with Crippen LogP contribution in [0.2, 0.25) is 0 Å². The molecule has 0 heterocycles. The molecule has 0 bridgehead atoms. The van der Waals surface area contributed by atoms with Crippen LogP contribution in [0.4, 0.5) is 4.39 Å². The minimum atomic E-state index is -0.871. The molecule has 0 aliphatic heterocycles. The standard InChI is InChI=1S/C18H24FN3O/c1-13(2)18(3,12-20)21-17(23)11-22(15-8-9-15)10-14-6-4-5-7-16(14)19/h4-7,13,15H,8-11H2,1-3H3,(H,21,23)/p+1/t18-/m0/s1. The van der Waals surface area contributed by atoms with Gasteiger partial charge in [-0.2, -0.15) is 5.26 Å². The molecule has 2 rings (SSSR count). The van der Waals surface area contributed by atoms with Gasteiger partial charge in [-0.3, -0.25) is 4.79 Å². The number of quaternary nitrogens is 1. The first-order chi connectivity index (χ1) is 10.9. The number of nitrogens with one attached hydrogen (secondary N) is 2.